The van der Waals surface area contributed by atoms with Gasteiger partial charge in [0.2, 0.25) is 0 Å². The number of aryl methyl sites for hydroxylation is 1. The van der Waals surface area contributed by atoms with Crippen LogP contribution in [0.25, 0.3) is 0 Å². The van der Waals surface area contributed by atoms with E-state index in [1.807, 2.05) is 0 Å². The minimum Gasteiger partial charge on any atom is -0.373 e. The van der Waals surface area contributed by atoms with E-state index in [2.05, 4.69) is 36.5 Å². The van der Waals surface area contributed by atoms with E-state index >= 15 is 0 Å². The van der Waals surface area contributed by atoms with E-state index in [9.17, 15) is 0 Å². The molecule has 1 fully saturated rings. The van der Waals surface area contributed by atoms with Gasteiger partial charge < -0.3 is 10.1 Å². The largest absolute Gasteiger partial charge is 0.373 e. The van der Waals surface area contributed by atoms with Gasteiger partial charge in [-0.3, -0.25) is 0 Å². The van der Waals surface area contributed by atoms with Crippen LogP contribution in [0, 0.1) is 6.92 Å². The van der Waals surface area contributed by atoms with Crippen molar-refractivity contribution in [2.24, 2.45) is 0 Å². The normalized spacial score (nSPS) is 21.7. The number of hydrogen-bond donors (Lipinski definition) is 1. The Hall–Kier alpha value is -0.860. The van der Waals surface area contributed by atoms with Gasteiger partial charge in [-0.1, -0.05) is 24.3 Å². The van der Waals surface area contributed by atoms with E-state index in [4.69, 9.17) is 4.74 Å². The van der Waals surface area contributed by atoms with Gasteiger partial charge in [0.15, 0.2) is 0 Å². The molecule has 0 amide bonds. The molecule has 0 spiro atoms. The van der Waals surface area contributed by atoms with Crippen molar-refractivity contribution in [1.82, 2.24) is 5.32 Å². The van der Waals surface area contributed by atoms with Crippen molar-refractivity contribution in [2.75, 3.05) is 13.1 Å². The van der Waals surface area contributed by atoms with Gasteiger partial charge in [0, 0.05) is 0 Å². The summed E-state index contributed by atoms with van der Waals surface area (Å²) in [5.74, 6) is 0. The molecule has 0 radical (unpaired) electrons. The van der Waals surface area contributed by atoms with Crippen LogP contribution in [0.15, 0.2) is 24.3 Å². The van der Waals surface area contributed by atoms with Gasteiger partial charge in [-0.05, 0) is 50.4 Å². The van der Waals surface area contributed by atoms with Gasteiger partial charge in [-0.2, -0.15) is 0 Å². The van der Waals surface area contributed by atoms with Crippen LogP contribution < -0.4 is 5.32 Å². The maximum Gasteiger partial charge on any atom is 0.0723 e. The fourth-order valence-corrected chi connectivity index (χ4v) is 2.13. The molecule has 1 unspecified atom stereocenters. The van der Waals surface area contributed by atoms with Crippen LogP contribution >= 0.6 is 0 Å². The molecule has 88 valence electrons. The highest BCUT2D eigenvalue weighted by Crippen LogP contribution is 2.14. The monoisotopic (exact) mass is 219 g/mol. The minimum atomic E-state index is 0.439. The summed E-state index contributed by atoms with van der Waals surface area (Å²) in [6, 6.07) is 8.46. The van der Waals surface area contributed by atoms with Crippen molar-refractivity contribution in [3.8, 4) is 0 Å². The van der Waals surface area contributed by atoms with Gasteiger partial charge in [0.05, 0.1) is 12.7 Å². The first-order chi connectivity index (χ1) is 7.86. The molecule has 0 aliphatic carbocycles. The molecule has 1 N–H and O–H groups in total. The molecule has 1 atom stereocenters. The molecule has 0 bridgehead atoms. The lowest BCUT2D eigenvalue weighted by atomic mass is 10.1. The summed E-state index contributed by atoms with van der Waals surface area (Å²) in [4.78, 5) is 0. The van der Waals surface area contributed by atoms with Crippen LogP contribution in [0.3, 0.4) is 0 Å². The molecular weight excluding hydrogens is 198 g/mol. The first-order valence-electron chi connectivity index (χ1n) is 6.23. The second kappa shape index (κ2) is 6.02. The minimum absolute atomic E-state index is 0.439. The second-order valence-corrected chi connectivity index (χ2v) is 4.54. The summed E-state index contributed by atoms with van der Waals surface area (Å²) in [5, 5.41) is 3.41. The summed E-state index contributed by atoms with van der Waals surface area (Å²) in [5.41, 5.74) is 2.65. The molecule has 2 rings (SSSR count). The number of benzene rings is 1. The predicted molar refractivity (Wildman–Crippen MR) is 66.5 cm³/mol. The van der Waals surface area contributed by atoms with Crippen LogP contribution in [-0.2, 0) is 11.3 Å². The smallest absolute Gasteiger partial charge is 0.0723 e. The van der Waals surface area contributed by atoms with E-state index in [0.717, 1.165) is 26.1 Å². The van der Waals surface area contributed by atoms with Crippen molar-refractivity contribution in [1.29, 1.82) is 0 Å². The summed E-state index contributed by atoms with van der Waals surface area (Å²) < 4.78 is 5.99. The summed E-state index contributed by atoms with van der Waals surface area (Å²) in [7, 11) is 0. The van der Waals surface area contributed by atoms with E-state index in [-0.39, 0.29) is 0 Å². The highest BCUT2D eigenvalue weighted by Gasteiger charge is 2.12. The molecule has 1 aliphatic rings. The van der Waals surface area contributed by atoms with Crippen LogP contribution in [0.2, 0.25) is 0 Å². The fourth-order valence-electron chi connectivity index (χ4n) is 2.13. The first-order valence-corrected chi connectivity index (χ1v) is 6.23. The standard InChI is InChI=1S/C14H21NO/c1-12-5-2-3-6-13(12)11-16-14-7-4-9-15-10-8-14/h2-3,5-6,14-15H,4,7-11H2,1H3. The molecule has 1 aromatic rings. The van der Waals surface area contributed by atoms with Crippen molar-refractivity contribution in [3.63, 3.8) is 0 Å². The number of hydrogen-bond acceptors (Lipinski definition) is 2. The van der Waals surface area contributed by atoms with Gasteiger partial charge in [0.25, 0.3) is 0 Å². The lowest BCUT2D eigenvalue weighted by Gasteiger charge is -2.15. The fraction of sp³-hybridized carbons (Fsp3) is 0.571. The van der Waals surface area contributed by atoms with Gasteiger partial charge in [-0.15, -0.1) is 0 Å². The molecule has 1 saturated heterocycles. The summed E-state index contributed by atoms with van der Waals surface area (Å²) in [6.45, 7) is 5.15. The maximum absolute atomic E-state index is 5.99. The number of rotatable bonds is 3. The Labute approximate surface area is 98.0 Å². The molecule has 0 saturated carbocycles. The summed E-state index contributed by atoms with van der Waals surface area (Å²) in [6.07, 6.45) is 4.01. The Morgan fingerprint density at radius 3 is 3.00 bits per heavy atom. The average molecular weight is 219 g/mol. The topological polar surface area (TPSA) is 21.3 Å². The molecule has 1 aliphatic heterocycles. The molecule has 16 heavy (non-hydrogen) atoms. The lowest BCUT2D eigenvalue weighted by Crippen LogP contribution is -2.17. The highest BCUT2D eigenvalue weighted by molar-refractivity contribution is 5.24. The Balaban J connectivity index is 1.84. The van der Waals surface area contributed by atoms with Gasteiger partial charge >= 0.3 is 0 Å². The SMILES string of the molecule is Cc1ccccc1COC1CCCNCC1. The zero-order valence-corrected chi connectivity index (χ0v) is 10.0. The van der Waals surface area contributed by atoms with Crippen molar-refractivity contribution in [2.45, 2.75) is 38.9 Å². The quantitative estimate of drug-likeness (QED) is 0.844. The van der Waals surface area contributed by atoms with Crippen molar-refractivity contribution in [3.05, 3.63) is 35.4 Å². The average Bonchev–Trinajstić information content (AvgIpc) is 2.56. The number of ether oxygens (including phenoxy) is 1. The van der Waals surface area contributed by atoms with Crippen LogP contribution in [0.5, 0.6) is 0 Å². The molecule has 1 heterocycles. The second-order valence-electron chi connectivity index (χ2n) is 4.54. The summed E-state index contributed by atoms with van der Waals surface area (Å²) >= 11 is 0. The van der Waals surface area contributed by atoms with E-state index in [1.165, 1.54) is 24.0 Å². The predicted octanol–water partition coefficient (Wildman–Crippen LogP) is 2.65. The van der Waals surface area contributed by atoms with Gasteiger partial charge in [-0.25, -0.2) is 0 Å². The lowest BCUT2D eigenvalue weighted by molar-refractivity contribution is 0.0328. The highest BCUT2D eigenvalue weighted by atomic mass is 16.5. The van der Waals surface area contributed by atoms with E-state index in [0.29, 0.717) is 6.10 Å². The Kier molecular flexibility index (Phi) is 4.37. The van der Waals surface area contributed by atoms with Crippen LogP contribution in [0.1, 0.15) is 30.4 Å². The Morgan fingerprint density at radius 1 is 1.25 bits per heavy atom. The van der Waals surface area contributed by atoms with E-state index in [1.54, 1.807) is 0 Å². The molecular formula is C14H21NO. The van der Waals surface area contributed by atoms with Crippen molar-refractivity contribution < 1.29 is 4.74 Å². The first kappa shape index (κ1) is 11.6. The Bertz CT molecular complexity index is 316. The molecule has 1 aromatic carbocycles. The van der Waals surface area contributed by atoms with Crippen LogP contribution in [0.4, 0.5) is 0 Å². The molecule has 2 nitrogen and oxygen atoms in total. The van der Waals surface area contributed by atoms with E-state index < -0.39 is 0 Å². The molecule has 2 heteroatoms. The third kappa shape index (κ3) is 3.32. The third-order valence-corrected chi connectivity index (χ3v) is 3.26. The molecule has 0 aromatic heterocycles. The number of nitrogens with one attached hydrogen (secondary N) is 1. The zero-order valence-electron chi connectivity index (χ0n) is 10.0. The third-order valence-electron chi connectivity index (χ3n) is 3.26. The maximum atomic E-state index is 5.99. The Morgan fingerprint density at radius 2 is 2.12 bits per heavy atom. The van der Waals surface area contributed by atoms with Crippen molar-refractivity contribution >= 4 is 0 Å². The zero-order chi connectivity index (χ0) is 11.2. The van der Waals surface area contributed by atoms with Gasteiger partial charge in [0.1, 0.15) is 0 Å². The van der Waals surface area contributed by atoms with Crippen LogP contribution in [-0.4, -0.2) is 19.2 Å².